The van der Waals surface area contributed by atoms with Crippen LogP contribution in [0.15, 0.2) is 16.8 Å². The maximum absolute atomic E-state index is 12.0. The monoisotopic (exact) mass is 267 g/mol. The largest absolute Gasteiger partial charge is 0.481 e. The minimum absolute atomic E-state index is 0.0761. The second-order valence-electron chi connectivity index (χ2n) is 4.65. The van der Waals surface area contributed by atoms with Crippen LogP contribution in [0.1, 0.15) is 24.8 Å². The molecule has 0 radical (unpaired) electrons. The fraction of sp³-hybridized carbons (Fsp3) is 0.538. The smallest absolute Gasteiger partial charge is 0.308 e. The van der Waals surface area contributed by atoms with Crippen LogP contribution in [0.2, 0.25) is 0 Å². The molecular formula is C13H17NO3S. The molecule has 0 saturated carbocycles. The highest BCUT2D eigenvalue weighted by molar-refractivity contribution is 7.07. The molecule has 0 bridgehead atoms. The van der Waals surface area contributed by atoms with Gasteiger partial charge >= 0.3 is 5.97 Å². The molecule has 1 aliphatic rings. The number of hydrogen-bond donors (Lipinski definition) is 1. The van der Waals surface area contributed by atoms with E-state index >= 15 is 0 Å². The van der Waals surface area contributed by atoms with E-state index in [0.717, 1.165) is 12.8 Å². The summed E-state index contributed by atoms with van der Waals surface area (Å²) in [5.74, 6) is -1.10. The normalized spacial score (nSPS) is 19.8. The van der Waals surface area contributed by atoms with Gasteiger partial charge in [0.1, 0.15) is 0 Å². The van der Waals surface area contributed by atoms with E-state index in [4.69, 9.17) is 5.11 Å². The minimum Gasteiger partial charge on any atom is -0.481 e. The van der Waals surface area contributed by atoms with E-state index in [-0.39, 0.29) is 11.8 Å². The van der Waals surface area contributed by atoms with Gasteiger partial charge in [0.25, 0.3) is 0 Å². The summed E-state index contributed by atoms with van der Waals surface area (Å²) in [6.07, 6.45) is 2.70. The van der Waals surface area contributed by atoms with Crippen molar-refractivity contribution in [3.05, 3.63) is 22.4 Å². The first-order valence-corrected chi connectivity index (χ1v) is 7.13. The molecule has 1 N–H and O–H groups in total. The highest BCUT2D eigenvalue weighted by Crippen LogP contribution is 2.18. The van der Waals surface area contributed by atoms with Gasteiger partial charge < -0.3 is 10.0 Å². The number of carbonyl (C=O) groups excluding carboxylic acids is 1. The van der Waals surface area contributed by atoms with Crippen LogP contribution < -0.4 is 0 Å². The molecule has 2 heterocycles. The van der Waals surface area contributed by atoms with E-state index in [1.807, 2.05) is 16.8 Å². The van der Waals surface area contributed by atoms with Gasteiger partial charge in [-0.05, 0) is 41.7 Å². The number of piperidine rings is 1. The number of hydrogen-bond acceptors (Lipinski definition) is 3. The molecule has 4 nitrogen and oxygen atoms in total. The average molecular weight is 267 g/mol. The van der Waals surface area contributed by atoms with Crippen LogP contribution in [-0.2, 0) is 16.0 Å². The predicted molar refractivity (Wildman–Crippen MR) is 69.6 cm³/mol. The second-order valence-corrected chi connectivity index (χ2v) is 5.43. The lowest BCUT2D eigenvalue weighted by Crippen LogP contribution is -2.42. The zero-order valence-electron chi connectivity index (χ0n) is 10.2. The number of aliphatic carboxylic acids is 1. The zero-order valence-corrected chi connectivity index (χ0v) is 11.0. The summed E-state index contributed by atoms with van der Waals surface area (Å²) < 4.78 is 0. The summed E-state index contributed by atoms with van der Waals surface area (Å²) >= 11 is 1.63. The second kappa shape index (κ2) is 6.00. The molecule has 1 fully saturated rings. The number of thiophene rings is 1. The number of aryl methyl sites for hydroxylation is 1. The Morgan fingerprint density at radius 3 is 3.00 bits per heavy atom. The lowest BCUT2D eigenvalue weighted by Gasteiger charge is -2.30. The molecule has 1 aliphatic heterocycles. The van der Waals surface area contributed by atoms with Crippen molar-refractivity contribution in [2.45, 2.75) is 25.7 Å². The summed E-state index contributed by atoms with van der Waals surface area (Å²) in [5, 5.41) is 13.0. The van der Waals surface area contributed by atoms with Crippen molar-refractivity contribution in [2.24, 2.45) is 5.92 Å². The minimum atomic E-state index is -0.787. The summed E-state index contributed by atoms with van der Waals surface area (Å²) in [6.45, 7) is 1.07. The first kappa shape index (κ1) is 13.1. The molecule has 1 saturated heterocycles. The number of likely N-dealkylation sites (tertiary alicyclic amines) is 1. The third-order valence-electron chi connectivity index (χ3n) is 3.33. The predicted octanol–water partition coefficient (Wildman–Crippen LogP) is 2.00. The van der Waals surface area contributed by atoms with Gasteiger partial charge in [-0.1, -0.05) is 0 Å². The van der Waals surface area contributed by atoms with Gasteiger partial charge in [0.05, 0.1) is 5.92 Å². The molecule has 1 atom stereocenters. The Kier molecular flexibility index (Phi) is 4.36. The summed E-state index contributed by atoms with van der Waals surface area (Å²) in [6, 6.07) is 2.02. The van der Waals surface area contributed by atoms with Gasteiger partial charge in [-0.15, -0.1) is 0 Å². The molecule has 18 heavy (non-hydrogen) atoms. The Balaban J connectivity index is 1.83. The molecule has 98 valence electrons. The van der Waals surface area contributed by atoms with Crippen LogP contribution in [-0.4, -0.2) is 35.0 Å². The maximum atomic E-state index is 12.0. The third-order valence-corrected chi connectivity index (χ3v) is 4.06. The van der Waals surface area contributed by atoms with Crippen molar-refractivity contribution in [3.8, 4) is 0 Å². The van der Waals surface area contributed by atoms with Crippen LogP contribution in [0, 0.1) is 5.92 Å². The molecule has 2 rings (SSSR count). The van der Waals surface area contributed by atoms with E-state index in [9.17, 15) is 9.59 Å². The highest BCUT2D eigenvalue weighted by atomic mass is 32.1. The molecule has 1 aromatic heterocycles. The van der Waals surface area contributed by atoms with E-state index in [1.165, 1.54) is 5.56 Å². The lowest BCUT2D eigenvalue weighted by molar-refractivity contribution is -0.145. The average Bonchev–Trinajstić information content (AvgIpc) is 2.89. The van der Waals surface area contributed by atoms with Gasteiger partial charge in [0.2, 0.25) is 5.91 Å². The van der Waals surface area contributed by atoms with Crippen molar-refractivity contribution in [2.75, 3.05) is 13.1 Å². The molecule has 0 spiro atoms. The molecule has 1 aromatic rings. The summed E-state index contributed by atoms with van der Waals surface area (Å²) in [5.41, 5.74) is 1.18. The summed E-state index contributed by atoms with van der Waals surface area (Å²) in [4.78, 5) is 24.6. The number of carboxylic acids is 1. The van der Waals surface area contributed by atoms with E-state index in [0.29, 0.717) is 25.9 Å². The van der Waals surface area contributed by atoms with Crippen LogP contribution in [0.25, 0.3) is 0 Å². The van der Waals surface area contributed by atoms with Crippen LogP contribution in [0.5, 0.6) is 0 Å². The highest BCUT2D eigenvalue weighted by Gasteiger charge is 2.27. The van der Waals surface area contributed by atoms with Crippen molar-refractivity contribution < 1.29 is 14.7 Å². The van der Waals surface area contributed by atoms with E-state index in [1.54, 1.807) is 16.2 Å². The van der Waals surface area contributed by atoms with Crippen molar-refractivity contribution >= 4 is 23.2 Å². The number of amides is 1. The van der Waals surface area contributed by atoms with Crippen LogP contribution >= 0.6 is 11.3 Å². The topological polar surface area (TPSA) is 57.6 Å². The number of nitrogens with zero attached hydrogens (tertiary/aromatic N) is 1. The first-order chi connectivity index (χ1) is 8.66. The summed E-state index contributed by atoms with van der Waals surface area (Å²) in [7, 11) is 0. The van der Waals surface area contributed by atoms with Gasteiger partial charge in [-0.25, -0.2) is 0 Å². The van der Waals surface area contributed by atoms with Crippen molar-refractivity contribution in [3.63, 3.8) is 0 Å². The Morgan fingerprint density at radius 1 is 1.50 bits per heavy atom. The first-order valence-electron chi connectivity index (χ1n) is 6.18. The SMILES string of the molecule is O=C(O)[C@H]1CCCN(C(=O)CCc2ccsc2)C1. The zero-order chi connectivity index (χ0) is 13.0. The van der Waals surface area contributed by atoms with E-state index < -0.39 is 5.97 Å². The van der Waals surface area contributed by atoms with Crippen molar-refractivity contribution in [1.29, 1.82) is 0 Å². The van der Waals surface area contributed by atoms with Crippen LogP contribution in [0.4, 0.5) is 0 Å². The van der Waals surface area contributed by atoms with Gasteiger partial charge in [0.15, 0.2) is 0 Å². The third kappa shape index (κ3) is 3.32. The maximum Gasteiger partial charge on any atom is 0.308 e. The van der Waals surface area contributed by atoms with Gasteiger partial charge in [-0.2, -0.15) is 11.3 Å². The number of carboxylic acid groups (broad SMARTS) is 1. The quantitative estimate of drug-likeness (QED) is 0.907. The fourth-order valence-corrected chi connectivity index (χ4v) is 2.95. The lowest BCUT2D eigenvalue weighted by atomic mass is 9.98. The molecule has 1 amide bonds. The Bertz CT molecular complexity index is 416. The molecule has 5 heteroatoms. The molecule has 0 aliphatic carbocycles. The fourth-order valence-electron chi connectivity index (χ4n) is 2.25. The number of rotatable bonds is 4. The standard InChI is InChI=1S/C13H17NO3S/c15-12(4-3-10-5-7-18-9-10)14-6-1-2-11(8-14)13(16)17/h5,7,9,11H,1-4,6,8H2,(H,16,17)/t11-/m0/s1. The van der Waals surface area contributed by atoms with Crippen LogP contribution in [0.3, 0.4) is 0 Å². The Hall–Kier alpha value is -1.36. The van der Waals surface area contributed by atoms with Gasteiger partial charge in [0, 0.05) is 19.5 Å². The van der Waals surface area contributed by atoms with E-state index in [2.05, 4.69) is 0 Å². The molecular weight excluding hydrogens is 250 g/mol. The molecule has 0 aromatic carbocycles. The number of carbonyl (C=O) groups is 2. The molecule has 0 unspecified atom stereocenters. The Labute approximate surface area is 110 Å². The van der Waals surface area contributed by atoms with Crippen molar-refractivity contribution in [1.82, 2.24) is 4.90 Å². The van der Waals surface area contributed by atoms with Gasteiger partial charge in [-0.3, -0.25) is 9.59 Å². The Morgan fingerprint density at radius 2 is 2.33 bits per heavy atom.